The molecule has 1 aromatic heterocycles. The molecule has 94 valence electrons. The van der Waals surface area contributed by atoms with Crippen molar-refractivity contribution >= 4 is 5.97 Å². The zero-order chi connectivity index (χ0) is 12.3. The Hall–Kier alpha value is -1.47. The molecule has 1 saturated heterocycles. The van der Waals surface area contributed by atoms with Crippen molar-refractivity contribution in [1.29, 1.82) is 0 Å². The Bertz CT molecular complexity index is 387. The van der Waals surface area contributed by atoms with Crippen molar-refractivity contribution in [3.05, 3.63) is 11.9 Å². The molecule has 0 aliphatic carbocycles. The molecule has 0 saturated carbocycles. The van der Waals surface area contributed by atoms with Gasteiger partial charge in [-0.25, -0.2) is 4.68 Å². The molecule has 0 amide bonds. The fraction of sp³-hybridized carbons (Fsp3) is 0.700. The summed E-state index contributed by atoms with van der Waals surface area (Å²) in [4.78, 5) is 10.6. The second kappa shape index (κ2) is 5.24. The van der Waals surface area contributed by atoms with Crippen LogP contribution in [0, 0.1) is 0 Å². The number of hydrogen-bond donors (Lipinski definition) is 2. The molecule has 7 heteroatoms. The zero-order valence-corrected chi connectivity index (χ0v) is 9.45. The van der Waals surface area contributed by atoms with Gasteiger partial charge in [0.05, 0.1) is 11.7 Å². The number of carboxylic acid groups (broad SMARTS) is 1. The summed E-state index contributed by atoms with van der Waals surface area (Å²) in [5, 5.41) is 16.7. The highest BCUT2D eigenvalue weighted by atomic mass is 16.5. The van der Waals surface area contributed by atoms with Crippen LogP contribution in [0.2, 0.25) is 0 Å². The summed E-state index contributed by atoms with van der Waals surface area (Å²) in [6.45, 7) is 1.46. The van der Waals surface area contributed by atoms with E-state index in [1.54, 1.807) is 10.9 Å². The van der Waals surface area contributed by atoms with E-state index in [9.17, 15) is 4.79 Å². The van der Waals surface area contributed by atoms with Crippen LogP contribution in [0.4, 0.5) is 0 Å². The maximum Gasteiger partial charge on any atom is 0.320 e. The van der Waals surface area contributed by atoms with Gasteiger partial charge in [-0.3, -0.25) is 4.79 Å². The van der Waals surface area contributed by atoms with E-state index in [0.29, 0.717) is 11.7 Å². The molecule has 3 N–H and O–H groups in total. The van der Waals surface area contributed by atoms with E-state index in [1.807, 2.05) is 0 Å². The van der Waals surface area contributed by atoms with Crippen molar-refractivity contribution in [2.24, 2.45) is 5.73 Å². The molecule has 1 unspecified atom stereocenters. The number of ether oxygens (including phenoxy) is 1. The molecular weight excluding hydrogens is 224 g/mol. The van der Waals surface area contributed by atoms with Gasteiger partial charge in [0.1, 0.15) is 6.04 Å². The average Bonchev–Trinajstić information content (AvgIpc) is 2.78. The highest BCUT2D eigenvalue weighted by Gasteiger charge is 2.19. The van der Waals surface area contributed by atoms with Crippen LogP contribution in [0.15, 0.2) is 6.20 Å². The number of carboxylic acids is 1. The van der Waals surface area contributed by atoms with E-state index in [-0.39, 0.29) is 6.42 Å². The standard InChI is InChI=1S/C10H16N4O3/c11-9(10(15)16)5-7-6-14(13-12-7)8-1-3-17-4-2-8/h6,8-9H,1-5,11H2,(H,15,16). The first kappa shape index (κ1) is 12.0. The fourth-order valence-electron chi connectivity index (χ4n) is 1.85. The number of hydrogen-bond acceptors (Lipinski definition) is 5. The largest absolute Gasteiger partial charge is 0.480 e. The molecule has 1 atom stereocenters. The third-order valence-electron chi connectivity index (χ3n) is 2.87. The summed E-state index contributed by atoms with van der Waals surface area (Å²) in [6, 6.07) is -0.624. The third-order valence-corrected chi connectivity index (χ3v) is 2.87. The fourth-order valence-corrected chi connectivity index (χ4v) is 1.85. The lowest BCUT2D eigenvalue weighted by atomic mass is 10.1. The monoisotopic (exact) mass is 240 g/mol. The quantitative estimate of drug-likeness (QED) is 0.741. The molecule has 2 rings (SSSR count). The normalized spacial score (nSPS) is 19.1. The first-order valence-electron chi connectivity index (χ1n) is 5.63. The summed E-state index contributed by atoms with van der Waals surface area (Å²) in [5.74, 6) is -1.02. The topological polar surface area (TPSA) is 103 Å². The SMILES string of the molecule is NC(Cc1cn(C2CCOCC2)nn1)C(=O)O. The molecule has 17 heavy (non-hydrogen) atoms. The number of aliphatic carboxylic acids is 1. The van der Waals surface area contributed by atoms with Gasteiger partial charge in [0.15, 0.2) is 0 Å². The van der Waals surface area contributed by atoms with Crippen molar-refractivity contribution in [3.63, 3.8) is 0 Å². The molecule has 0 aromatic carbocycles. The number of carbonyl (C=O) groups is 1. The summed E-state index contributed by atoms with van der Waals surface area (Å²) >= 11 is 0. The molecular formula is C10H16N4O3. The number of aromatic nitrogens is 3. The second-order valence-corrected chi connectivity index (χ2v) is 4.18. The molecule has 1 fully saturated rings. The minimum Gasteiger partial charge on any atom is -0.480 e. The minimum atomic E-state index is -1.02. The van der Waals surface area contributed by atoms with Gasteiger partial charge in [-0.2, -0.15) is 0 Å². The van der Waals surface area contributed by atoms with Crippen LogP contribution in [-0.4, -0.2) is 45.3 Å². The van der Waals surface area contributed by atoms with Crippen molar-refractivity contribution in [2.75, 3.05) is 13.2 Å². The molecule has 1 aliphatic heterocycles. The molecule has 1 aliphatic rings. The maximum absolute atomic E-state index is 10.6. The van der Waals surface area contributed by atoms with Crippen molar-refractivity contribution < 1.29 is 14.6 Å². The number of nitrogens with two attached hydrogens (primary N) is 1. The van der Waals surface area contributed by atoms with Crippen molar-refractivity contribution in [1.82, 2.24) is 15.0 Å². The second-order valence-electron chi connectivity index (χ2n) is 4.18. The smallest absolute Gasteiger partial charge is 0.320 e. The zero-order valence-electron chi connectivity index (χ0n) is 9.45. The van der Waals surface area contributed by atoms with Gasteiger partial charge in [0, 0.05) is 25.8 Å². The predicted molar refractivity (Wildman–Crippen MR) is 58.4 cm³/mol. The van der Waals surface area contributed by atoms with Crippen molar-refractivity contribution in [3.8, 4) is 0 Å². The van der Waals surface area contributed by atoms with E-state index in [1.165, 1.54) is 0 Å². The van der Waals surface area contributed by atoms with E-state index in [4.69, 9.17) is 15.6 Å². The summed E-state index contributed by atoms with van der Waals surface area (Å²) in [7, 11) is 0. The van der Waals surface area contributed by atoms with Crippen LogP contribution in [0.3, 0.4) is 0 Å². The summed E-state index contributed by atoms with van der Waals surface area (Å²) in [5.41, 5.74) is 6.06. The maximum atomic E-state index is 10.6. The number of nitrogens with zero attached hydrogens (tertiary/aromatic N) is 3. The Labute approximate surface area is 98.5 Å². The van der Waals surface area contributed by atoms with Gasteiger partial charge < -0.3 is 15.6 Å². The van der Waals surface area contributed by atoms with Crippen LogP contribution in [0.5, 0.6) is 0 Å². The summed E-state index contributed by atoms with van der Waals surface area (Å²) < 4.78 is 7.05. The van der Waals surface area contributed by atoms with Crippen LogP contribution in [-0.2, 0) is 16.0 Å². The first-order valence-corrected chi connectivity index (χ1v) is 5.63. The van der Waals surface area contributed by atoms with Crippen molar-refractivity contribution in [2.45, 2.75) is 31.3 Å². The van der Waals surface area contributed by atoms with Crippen LogP contribution in [0.25, 0.3) is 0 Å². The van der Waals surface area contributed by atoms with E-state index >= 15 is 0 Å². The van der Waals surface area contributed by atoms with Gasteiger partial charge in [-0.1, -0.05) is 5.21 Å². The molecule has 0 spiro atoms. The number of rotatable bonds is 4. The third kappa shape index (κ3) is 3.01. The average molecular weight is 240 g/mol. The Balaban J connectivity index is 1.97. The van der Waals surface area contributed by atoms with E-state index < -0.39 is 12.0 Å². The Morgan fingerprint density at radius 1 is 1.65 bits per heavy atom. The Kier molecular flexibility index (Phi) is 3.70. The molecule has 0 radical (unpaired) electrons. The first-order chi connectivity index (χ1) is 8.16. The lowest BCUT2D eigenvalue weighted by Crippen LogP contribution is -2.32. The predicted octanol–water partition coefficient (Wildman–Crippen LogP) is -0.416. The van der Waals surface area contributed by atoms with Crippen LogP contribution in [0.1, 0.15) is 24.6 Å². The highest BCUT2D eigenvalue weighted by Crippen LogP contribution is 2.19. The molecule has 7 nitrogen and oxygen atoms in total. The van der Waals surface area contributed by atoms with Gasteiger partial charge in [0.25, 0.3) is 0 Å². The van der Waals surface area contributed by atoms with E-state index in [0.717, 1.165) is 26.1 Å². The van der Waals surface area contributed by atoms with Crippen LogP contribution < -0.4 is 5.73 Å². The lowest BCUT2D eigenvalue weighted by Gasteiger charge is -2.21. The van der Waals surface area contributed by atoms with Crippen LogP contribution >= 0.6 is 0 Å². The van der Waals surface area contributed by atoms with E-state index in [2.05, 4.69) is 10.3 Å². The summed E-state index contributed by atoms with van der Waals surface area (Å²) in [6.07, 6.45) is 3.80. The highest BCUT2D eigenvalue weighted by molar-refractivity contribution is 5.73. The van der Waals surface area contributed by atoms with Gasteiger partial charge in [-0.15, -0.1) is 5.10 Å². The Morgan fingerprint density at radius 3 is 3.00 bits per heavy atom. The Morgan fingerprint density at radius 2 is 2.35 bits per heavy atom. The minimum absolute atomic E-state index is 0.207. The lowest BCUT2D eigenvalue weighted by molar-refractivity contribution is -0.138. The van der Waals surface area contributed by atoms with Gasteiger partial charge in [-0.05, 0) is 12.8 Å². The van der Waals surface area contributed by atoms with Gasteiger partial charge >= 0.3 is 5.97 Å². The molecule has 2 heterocycles. The van der Waals surface area contributed by atoms with Gasteiger partial charge in [0.2, 0.25) is 0 Å². The molecule has 0 bridgehead atoms. The molecule has 1 aromatic rings.